The Morgan fingerprint density at radius 3 is 2.94 bits per heavy atom. The minimum Gasteiger partial charge on any atom is -0.496 e. The summed E-state index contributed by atoms with van der Waals surface area (Å²) < 4.78 is 6.77. The van der Waals surface area contributed by atoms with Gasteiger partial charge in [0.25, 0.3) is 5.91 Å². The monoisotopic (exact) mass is 448 g/mol. The number of aryl methyl sites for hydroxylation is 2. The smallest absolute Gasteiger partial charge is 0.320 e. The third kappa shape index (κ3) is 4.84. The van der Waals surface area contributed by atoms with Crippen LogP contribution in [0, 0.1) is 10.1 Å². The molecule has 0 aliphatic carbocycles. The van der Waals surface area contributed by atoms with Gasteiger partial charge in [0.15, 0.2) is 0 Å². The van der Waals surface area contributed by atoms with Crippen LogP contribution in [-0.2, 0) is 20.0 Å². The van der Waals surface area contributed by atoms with Crippen molar-refractivity contribution in [3.63, 3.8) is 0 Å². The molecule has 0 saturated heterocycles. The van der Waals surface area contributed by atoms with Crippen LogP contribution in [0.1, 0.15) is 33.6 Å². The molecule has 0 radical (unpaired) electrons. The molecule has 1 amide bonds. The van der Waals surface area contributed by atoms with E-state index in [1.807, 2.05) is 24.3 Å². The number of fused-ring (bicyclic) bond motifs is 1. The van der Waals surface area contributed by atoms with Crippen molar-refractivity contribution in [2.45, 2.75) is 19.4 Å². The van der Waals surface area contributed by atoms with Crippen molar-refractivity contribution >= 4 is 23.5 Å². The van der Waals surface area contributed by atoms with Crippen LogP contribution in [0.2, 0.25) is 0 Å². The first-order valence-corrected chi connectivity index (χ1v) is 10.5. The lowest BCUT2D eigenvalue weighted by Gasteiger charge is -2.31. The fourth-order valence-electron chi connectivity index (χ4n) is 3.97. The Kier molecular flexibility index (Phi) is 6.34. The molecule has 0 fully saturated rings. The fraction of sp³-hybridized carbons (Fsp3) is 0.261. The van der Waals surface area contributed by atoms with Gasteiger partial charge < -0.3 is 9.64 Å². The average molecular weight is 448 g/mol. The zero-order valence-electron chi connectivity index (χ0n) is 18.4. The Bertz CT molecular complexity index is 1220. The lowest BCUT2D eigenvalue weighted by Crippen LogP contribution is -2.29. The predicted octanol–water partition coefficient (Wildman–Crippen LogP) is 3.05. The van der Waals surface area contributed by atoms with Crippen LogP contribution >= 0.6 is 0 Å². The van der Waals surface area contributed by atoms with E-state index in [4.69, 9.17) is 4.74 Å². The molecule has 0 bridgehead atoms. The summed E-state index contributed by atoms with van der Waals surface area (Å²) in [6, 6.07) is 14.0. The Morgan fingerprint density at radius 2 is 2.15 bits per heavy atom. The molecule has 1 aliphatic heterocycles. The second-order valence-electron chi connectivity index (χ2n) is 7.72. The molecule has 33 heavy (non-hydrogen) atoms. The molecule has 1 aromatic heterocycles. The third-order valence-electron chi connectivity index (χ3n) is 5.47. The number of carbonyl (C=O) groups is 1. The predicted molar refractivity (Wildman–Crippen MR) is 124 cm³/mol. The van der Waals surface area contributed by atoms with Crippen LogP contribution in [0.3, 0.4) is 0 Å². The summed E-state index contributed by atoms with van der Waals surface area (Å²) in [5, 5.41) is 18.9. The van der Waals surface area contributed by atoms with Crippen molar-refractivity contribution in [3.05, 3.63) is 81.2 Å². The molecule has 2 aromatic carbocycles. The largest absolute Gasteiger partial charge is 0.496 e. The van der Waals surface area contributed by atoms with Crippen LogP contribution in [0.5, 0.6) is 5.75 Å². The van der Waals surface area contributed by atoms with E-state index in [2.05, 4.69) is 38.7 Å². The molecule has 1 aliphatic rings. The normalized spacial score (nSPS) is 13.1. The van der Waals surface area contributed by atoms with Crippen molar-refractivity contribution in [1.82, 2.24) is 15.2 Å². The van der Waals surface area contributed by atoms with E-state index in [1.54, 1.807) is 7.11 Å². The number of hydrazone groups is 1. The van der Waals surface area contributed by atoms with Crippen LogP contribution in [0.15, 0.2) is 53.8 Å². The number of para-hydroxylation sites is 1. The Hall–Kier alpha value is -4.21. The summed E-state index contributed by atoms with van der Waals surface area (Å²) in [6.45, 7) is 1.63. The van der Waals surface area contributed by atoms with Gasteiger partial charge in [-0.05, 0) is 48.2 Å². The number of nitro groups is 1. The number of aromatic nitrogens is 2. The topological polar surface area (TPSA) is 115 Å². The molecule has 0 spiro atoms. The highest BCUT2D eigenvalue weighted by atomic mass is 16.6. The molecular weight excluding hydrogens is 424 g/mol. The van der Waals surface area contributed by atoms with Gasteiger partial charge in [0.05, 0.1) is 18.2 Å². The van der Waals surface area contributed by atoms with E-state index >= 15 is 0 Å². The molecule has 170 valence electrons. The molecule has 10 nitrogen and oxygen atoms in total. The highest BCUT2D eigenvalue weighted by molar-refractivity contribution is 5.96. The maximum atomic E-state index is 12.3. The molecule has 2 heterocycles. The third-order valence-corrected chi connectivity index (χ3v) is 5.47. The van der Waals surface area contributed by atoms with Crippen LogP contribution in [0.4, 0.5) is 11.4 Å². The van der Waals surface area contributed by atoms with Gasteiger partial charge in [-0.3, -0.25) is 19.6 Å². The maximum Gasteiger partial charge on any atom is 0.320 e. The standard InChI is InChI=1S/C23H24N6O4/c1-27-15-20(29(31)32)22(26-27)23(30)25-24-13-16-9-10-21(33-2)18(12-16)14-28-11-5-7-17-6-3-4-8-19(17)28/h3-4,6,8-10,12-13,15H,5,7,11,14H2,1-2H3,(H,25,30). The minimum absolute atomic E-state index is 0.293. The first-order valence-electron chi connectivity index (χ1n) is 10.5. The van der Waals surface area contributed by atoms with Crippen molar-refractivity contribution in [1.29, 1.82) is 0 Å². The summed E-state index contributed by atoms with van der Waals surface area (Å²) in [5.41, 5.74) is 5.96. The second-order valence-corrected chi connectivity index (χ2v) is 7.72. The van der Waals surface area contributed by atoms with Gasteiger partial charge in [0.2, 0.25) is 5.69 Å². The number of amides is 1. The van der Waals surface area contributed by atoms with Crippen molar-refractivity contribution in [2.24, 2.45) is 12.1 Å². The number of hydrogen-bond donors (Lipinski definition) is 1. The molecule has 1 N–H and O–H groups in total. The van der Waals surface area contributed by atoms with Gasteiger partial charge in [-0.2, -0.15) is 10.2 Å². The summed E-state index contributed by atoms with van der Waals surface area (Å²) >= 11 is 0. The first kappa shape index (κ1) is 22.0. The Balaban J connectivity index is 1.50. The zero-order valence-corrected chi connectivity index (χ0v) is 18.4. The molecule has 10 heteroatoms. The maximum absolute atomic E-state index is 12.3. The first-order chi connectivity index (χ1) is 16.0. The fourth-order valence-corrected chi connectivity index (χ4v) is 3.97. The van der Waals surface area contributed by atoms with E-state index in [9.17, 15) is 14.9 Å². The van der Waals surface area contributed by atoms with Crippen LogP contribution in [0.25, 0.3) is 0 Å². The summed E-state index contributed by atoms with van der Waals surface area (Å²) in [5.74, 6) is 0.0144. The molecule has 0 atom stereocenters. The van der Waals surface area contributed by atoms with E-state index in [0.29, 0.717) is 6.54 Å². The van der Waals surface area contributed by atoms with E-state index < -0.39 is 10.8 Å². The lowest BCUT2D eigenvalue weighted by molar-refractivity contribution is -0.385. The van der Waals surface area contributed by atoms with Crippen LogP contribution < -0.4 is 15.1 Å². The summed E-state index contributed by atoms with van der Waals surface area (Å²) in [6.07, 6.45) is 4.82. The molecule has 0 saturated carbocycles. The van der Waals surface area contributed by atoms with Crippen molar-refractivity contribution in [2.75, 3.05) is 18.6 Å². The average Bonchev–Trinajstić information content (AvgIpc) is 3.22. The summed E-state index contributed by atoms with van der Waals surface area (Å²) in [4.78, 5) is 25.1. The minimum atomic E-state index is -0.753. The molecule has 4 rings (SSSR count). The zero-order chi connectivity index (χ0) is 23.4. The summed E-state index contributed by atoms with van der Waals surface area (Å²) in [7, 11) is 3.14. The van der Waals surface area contributed by atoms with E-state index in [-0.39, 0.29) is 11.4 Å². The second kappa shape index (κ2) is 9.51. The number of carbonyl (C=O) groups excluding carboxylic acids is 1. The van der Waals surface area contributed by atoms with Crippen molar-refractivity contribution in [3.8, 4) is 5.75 Å². The quantitative estimate of drug-likeness (QED) is 0.337. The van der Waals surface area contributed by atoms with E-state index in [1.165, 1.54) is 35.4 Å². The number of anilines is 1. The van der Waals surface area contributed by atoms with Gasteiger partial charge in [-0.15, -0.1) is 0 Å². The number of hydrogen-bond acceptors (Lipinski definition) is 7. The Morgan fingerprint density at radius 1 is 1.33 bits per heavy atom. The van der Waals surface area contributed by atoms with Gasteiger partial charge in [-0.1, -0.05) is 18.2 Å². The van der Waals surface area contributed by atoms with Gasteiger partial charge in [-0.25, -0.2) is 5.43 Å². The van der Waals surface area contributed by atoms with E-state index in [0.717, 1.165) is 36.3 Å². The van der Waals surface area contributed by atoms with Crippen molar-refractivity contribution < 1.29 is 14.5 Å². The van der Waals surface area contributed by atoms with Gasteiger partial charge >= 0.3 is 5.69 Å². The number of ether oxygens (including phenoxy) is 1. The number of nitrogens with zero attached hydrogens (tertiary/aromatic N) is 5. The number of nitrogens with one attached hydrogen (secondary N) is 1. The highest BCUT2D eigenvalue weighted by Gasteiger charge is 2.24. The SMILES string of the molecule is COc1ccc(C=NNC(=O)c2nn(C)cc2[N+](=O)[O-])cc1CN1CCCc2ccccc21. The molecule has 0 unspecified atom stereocenters. The number of methoxy groups -OCH3 is 1. The van der Waals surface area contributed by atoms with Gasteiger partial charge in [0, 0.05) is 31.4 Å². The number of rotatable bonds is 7. The van der Waals surface area contributed by atoms with Gasteiger partial charge in [0.1, 0.15) is 11.9 Å². The number of benzene rings is 2. The lowest BCUT2D eigenvalue weighted by atomic mass is 10.0. The van der Waals surface area contributed by atoms with Crippen LogP contribution in [-0.4, -0.2) is 40.5 Å². The Labute approximate surface area is 190 Å². The highest BCUT2D eigenvalue weighted by Crippen LogP contribution is 2.30. The molecule has 3 aromatic rings. The molecular formula is C23H24N6O4.